The summed E-state index contributed by atoms with van der Waals surface area (Å²) >= 11 is 0. The van der Waals surface area contributed by atoms with Crippen molar-refractivity contribution in [2.45, 2.75) is 33.6 Å². The van der Waals surface area contributed by atoms with Gasteiger partial charge in [-0.25, -0.2) is 0 Å². The monoisotopic (exact) mass is 262 g/mol. The van der Waals surface area contributed by atoms with Crippen molar-refractivity contribution in [1.82, 2.24) is 0 Å². The van der Waals surface area contributed by atoms with Crippen molar-refractivity contribution < 1.29 is 9.53 Å². The number of esters is 1. The Morgan fingerprint density at radius 2 is 2.00 bits per heavy atom. The van der Waals surface area contributed by atoms with Crippen molar-refractivity contribution in [2.24, 2.45) is 23.2 Å². The molecule has 0 aromatic carbocycles. The van der Waals surface area contributed by atoms with Gasteiger partial charge in [0, 0.05) is 0 Å². The van der Waals surface area contributed by atoms with Crippen molar-refractivity contribution in [3.63, 3.8) is 0 Å². The summed E-state index contributed by atoms with van der Waals surface area (Å²) in [5.41, 5.74) is -0.478. The average Bonchev–Trinajstić information content (AvgIpc) is 2.88. The second-order valence-electron chi connectivity index (χ2n) is 6.03. The summed E-state index contributed by atoms with van der Waals surface area (Å²) in [5.74, 6) is 0.970. The number of hydrogen-bond donors (Lipinski definition) is 0. The second kappa shape index (κ2) is 6.74. The Kier molecular flexibility index (Phi) is 5.59. The number of ether oxygens (including phenoxy) is 1. The fourth-order valence-electron chi connectivity index (χ4n) is 2.88. The summed E-state index contributed by atoms with van der Waals surface area (Å²) in [7, 11) is 1.47. The normalized spacial score (nSPS) is 18.3. The lowest BCUT2D eigenvalue weighted by Gasteiger charge is -2.36. The van der Waals surface area contributed by atoms with Crippen LogP contribution in [0.4, 0.5) is 0 Å². The average molecular weight is 262 g/mol. The SMILES string of the molecule is C=CCC(C)CC(C1C=CC=C1)C(C)(C)C(=O)OC. The van der Waals surface area contributed by atoms with E-state index in [-0.39, 0.29) is 11.9 Å². The van der Waals surface area contributed by atoms with Crippen LogP contribution in [-0.2, 0) is 9.53 Å². The highest BCUT2D eigenvalue weighted by atomic mass is 16.5. The van der Waals surface area contributed by atoms with Gasteiger partial charge in [-0.3, -0.25) is 4.79 Å². The molecule has 2 nitrogen and oxygen atoms in total. The number of carbonyl (C=O) groups excluding carboxylic acids is 1. The van der Waals surface area contributed by atoms with Gasteiger partial charge in [0.2, 0.25) is 0 Å². The van der Waals surface area contributed by atoms with E-state index in [2.05, 4.69) is 37.8 Å². The largest absolute Gasteiger partial charge is 0.469 e. The van der Waals surface area contributed by atoms with Crippen LogP contribution in [0, 0.1) is 23.2 Å². The van der Waals surface area contributed by atoms with Crippen LogP contribution in [0.15, 0.2) is 37.0 Å². The summed E-state index contributed by atoms with van der Waals surface area (Å²) in [5, 5.41) is 0. The third-order valence-corrected chi connectivity index (χ3v) is 4.11. The van der Waals surface area contributed by atoms with Crippen LogP contribution in [0.5, 0.6) is 0 Å². The number of rotatable bonds is 7. The molecule has 0 aromatic heterocycles. The molecule has 2 unspecified atom stereocenters. The van der Waals surface area contributed by atoms with Gasteiger partial charge in [0.25, 0.3) is 0 Å². The molecule has 0 amide bonds. The Morgan fingerprint density at radius 1 is 1.42 bits per heavy atom. The smallest absolute Gasteiger partial charge is 0.311 e. The Hall–Kier alpha value is -1.31. The fourth-order valence-corrected chi connectivity index (χ4v) is 2.88. The van der Waals surface area contributed by atoms with Gasteiger partial charge in [-0.15, -0.1) is 6.58 Å². The van der Waals surface area contributed by atoms with E-state index < -0.39 is 5.41 Å². The molecule has 0 aliphatic heterocycles. The molecule has 0 saturated heterocycles. The molecule has 106 valence electrons. The summed E-state index contributed by atoms with van der Waals surface area (Å²) in [4.78, 5) is 12.1. The van der Waals surface area contributed by atoms with Gasteiger partial charge in [0.15, 0.2) is 0 Å². The minimum absolute atomic E-state index is 0.128. The topological polar surface area (TPSA) is 26.3 Å². The van der Waals surface area contributed by atoms with E-state index in [0.717, 1.165) is 12.8 Å². The van der Waals surface area contributed by atoms with Gasteiger partial charge in [-0.1, -0.05) is 37.3 Å². The molecule has 0 spiro atoms. The Labute approximate surface area is 117 Å². The molecule has 0 aromatic rings. The number of carbonyl (C=O) groups is 1. The summed E-state index contributed by atoms with van der Waals surface area (Å²) in [6.45, 7) is 9.99. The first-order valence-electron chi connectivity index (χ1n) is 6.97. The van der Waals surface area contributed by atoms with E-state index in [1.165, 1.54) is 7.11 Å². The molecule has 19 heavy (non-hydrogen) atoms. The molecule has 1 rings (SSSR count). The maximum absolute atomic E-state index is 12.1. The molecular formula is C17H26O2. The minimum atomic E-state index is -0.478. The zero-order valence-electron chi connectivity index (χ0n) is 12.6. The molecule has 0 N–H and O–H groups in total. The first kappa shape index (κ1) is 15.7. The number of methoxy groups -OCH3 is 1. The predicted molar refractivity (Wildman–Crippen MR) is 79.7 cm³/mol. The van der Waals surface area contributed by atoms with Gasteiger partial charge in [0.05, 0.1) is 12.5 Å². The Balaban J connectivity index is 2.91. The zero-order chi connectivity index (χ0) is 14.5. The third kappa shape index (κ3) is 3.82. The van der Waals surface area contributed by atoms with Crippen LogP contribution in [0.3, 0.4) is 0 Å². The summed E-state index contributed by atoms with van der Waals surface area (Å²) in [6.07, 6.45) is 12.4. The quantitative estimate of drug-likeness (QED) is 0.509. The highest BCUT2D eigenvalue weighted by Gasteiger charge is 2.41. The first-order valence-corrected chi connectivity index (χ1v) is 6.97. The van der Waals surface area contributed by atoms with Crippen molar-refractivity contribution in [3.05, 3.63) is 37.0 Å². The van der Waals surface area contributed by atoms with E-state index in [1.54, 1.807) is 0 Å². The maximum atomic E-state index is 12.1. The number of hydrogen-bond acceptors (Lipinski definition) is 2. The molecule has 1 aliphatic rings. The minimum Gasteiger partial charge on any atom is -0.469 e. The third-order valence-electron chi connectivity index (χ3n) is 4.11. The van der Waals surface area contributed by atoms with Gasteiger partial charge in [0.1, 0.15) is 0 Å². The molecular weight excluding hydrogens is 236 g/mol. The molecule has 0 bridgehead atoms. The standard InChI is InChI=1S/C17H26O2/c1-6-9-13(2)12-15(14-10-7-8-11-14)17(3,4)16(18)19-5/h6-8,10-11,13-15H,1,9,12H2,2-5H3. The molecule has 0 fully saturated rings. The van der Waals surface area contributed by atoms with Gasteiger partial charge in [-0.2, -0.15) is 0 Å². The lowest BCUT2D eigenvalue weighted by Crippen LogP contribution is -2.38. The highest BCUT2D eigenvalue weighted by Crippen LogP contribution is 2.41. The van der Waals surface area contributed by atoms with Crippen molar-refractivity contribution in [1.29, 1.82) is 0 Å². The molecule has 1 aliphatic carbocycles. The Bertz CT molecular complexity index is 365. The maximum Gasteiger partial charge on any atom is 0.311 e. The molecule has 0 heterocycles. The first-order chi connectivity index (χ1) is 8.93. The fraction of sp³-hybridized carbons (Fsp3) is 0.588. The van der Waals surface area contributed by atoms with Crippen molar-refractivity contribution in [2.75, 3.05) is 7.11 Å². The van der Waals surface area contributed by atoms with Crippen molar-refractivity contribution in [3.8, 4) is 0 Å². The summed E-state index contributed by atoms with van der Waals surface area (Å²) in [6, 6.07) is 0. The van der Waals surface area contributed by atoms with Gasteiger partial charge < -0.3 is 4.74 Å². The van der Waals surface area contributed by atoms with Crippen LogP contribution < -0.4 is 0 Å². The molecule has 0 saturated carbocycles. The second-order valence-corrected chi connectivity index (χ2v) is 6.03. The van der Waals surface area contributed by atoms with Gasteiger partial charge in [-0.05, 0) is 44.4 Å². The van der Waals surface area contributed by atoms with E-state index in [4.69, 9.17) is 4.74 Å². The predicted octanol–water partition coefficient (Wildman–Crippen LogP) is 4.15. The van der Waals surface area contributed by atoms with Crippen LogP contribution >= 0.6 is 0 Å². The van der Waals surface area contributed by atoms with Crippen LogP contribution in [-0.4, -0.2) is 13.1 Å². The van der Waals surface area contributed by atoms with E-state index in [9.17, 15) is 4.79 Å². The summed E-state index contributed by atoms with van der Waals surface area (Å²) < 4.78 is 4.99. The van der Waals surface area contributed by atoms with E-state index in [0.29, 0.717) is 11.8 Å². The lowest BCUT2D eigenvalue weighted by atomic mass is 9.68. The van der Waals surface area contributed by atoms with E-state index >= 15 is 0 Å². The van der Waals surface area contributed by atoms with Crippen LogP contribution in [0.1, 0.15) is 33.6 Å². The van der Waals surface area contributed by atoms with E-state index in [1.807, 2.05) is 19.9 Å². The van der Waals surface area contributed by atoms with Crippen molar-refractivity contribution >= 4 is 5.97 Å². The Morgan fingerprint density at radius 3 is 2.47 bits per heavy atom. The van der Waals surface area contributed by atoms with Crippen LogP contribution in [0.2, 0.25) is 0 Å². The molecule has 0 radical (unpaired) electrons. The number of allylic oxidation sites excluding steroid dienone is 5. The van der Waals surface area contributed by atoms with Gasteiger partial charge >= 0.3 is 5.97 Å². The molecule has 2 heteroatoms. The zero-order valence-corrected chi connectivity index (χ0v) is 12.6. The molecule has 2 atom stereocenters. The lowest BCUT2D eigenvalue weighted by molar-refractivity contribution is -0.155. The highest BCUT2D eigenvalue weighted by molar-refractivity contribution is 5.76. The van der Waals surface area contributed by atoms with Crippen LogP contribution in [0.25, 0.3) is 0 Å².